The van der Waals surface area contributed by atoms with E-state index in [1.54, 1.807) is 31.2 Å². The third kappa shape index (κ3) is 5.11. The van der Waals surface area contributed by atoms with E-state index in [4.69, 9.17) is 0 Å². The van der Waals surface area contributed by atoms with Gasteiger partial charge in [-0.1, -0.05) is 31.0 Å². The minimum atomic E-state index is -0.616. The molecule has 0 saturated heterocycles. The van der Waals surface area contributed by atoms with E-state index in [2.05, 4.69) is 10.6 Å². The molecule has 1 fully saturated rings. The lowest BCUT2D eigenvalue weighted by Crippen LogP contribution is -2.41. The quantitative estimate of drug-likeness (QED) is 0.790. The van der Waals surface area contributed by atoms with Crippen LogP contribution in [-0.4, -0.2) is 23.1 Å². The Morgan fingerprint density at radius 3 is 2.31 bits per heavy atom. The molecule has 1 saturated carbocycles. The Morgan fingerprint density at radius 1 is 1.00 bits per heavy atom. The van der Waals surface area contributed by atoms with Gasteiger partial charge in [-0.2, -0.15) is 0 Å². The number of carbonyl (C=O) groups excluding carboxylic acids is 2. The van der Waals surface area contributed by atoms with Crippen LogP contribution < -0.4 is 10.6 Å². The maximum atomic E-state index is 12.3. The molecule has 2 aromatic rings. The van der Waals surface area contributed by atoms with E-state index < -0.39 is 6.04 Å². The van der Waals surface area contributed by atoms with Crippen molar-refractivity contribution in [3.63, 3.8) is 0 Å². The molecule has 5 heteroatoms. The van der Waals surface area contributed by atoms with E-state index in [-0.39, 0.29) is 11.8 Å². The largest absolute Gasteiger partial charge is 0.341 e. The Balaban J connectivity index is 1.51. The summed E-state index contributed by atoms with van der Waals surface area (Å²) in [5.41, 5.74) is 1.28. The average Bonchev–Trinajstić information content (AvgIpc) is 3.17. The van der Waals surface area contributed by atoms with Gasteiger partial charge in [0.15, 0.2) is 0 Å². The molecule has 2 amide bonds. The second-order valence-corrected chi connectivity index (χ2v) is 7.97. The summed E-state index contributed by atoms with van der Waals surface area (Å²) >= 11 is 1.92. The molecular formula is C21H24N2O2S. The lowest BCUT2D eigenvalue weighted by atomic mass is 10.2. The van der Waals surface area contributed by atoms with Gasteiger partial charge in [-0.25, -0.2) is 0 Å². The fraction of sp³-hybridized carbons (Fsp3) is 0.333. The normalized spacial score (nSPS) is 15.4. The number of rotatable bonds is 6. The highest BCUT2D eigenvalue weighted by Gasteiger charge is 2.18. The Hall–Kier alpha value is -2.27. The second kappa shape index (κ2) is 8.90. The summed E-state index contributed by atoms with van der Waals surface area (Å²) in [4.78, 5) is 25.7. The molecule has 1 aliphatic rings. The van der Waals surface area contributed by atoms with Crippen molar-refractivity contribution in [1.82, 2.24) is 5.32 Å². The van der Waals surface area contributed by atoms with Gasteiger partial charge in [0.05, 0.1) is 0 Å². The molecule has 0 aromatic heterocycles. The predicted octanol–water partition coefficient (Wildman–Crippen LogP) is 4.48. The molecule has 1 unspecified atom stereocenters. The molecule has 2 aromatic carbocycles. The zero-order valence-electron chi connectivity index (χ0n) is 14.9. The monoisotopic (exact) mass is 368 g/mol. The van der Waals surface area contributed by atoms with E-state index in [0.717, 1.165) is 10.9 Å². The average molecular weight is 369 g/mol. The topological polar surface area (TPSA) is 58.2 Å². The zero-order chi connectivity index (χ0) is 18.4. The Labute approximate surface area is 158 Å². The van der Waals surface area contributed by atoms with Crippen LogP contribution in [0.3, 0.4) is 0 Å². The van der Waals surface area contributed by atoms with E-state index in [9.17, 15) is 9.59 Å². The van der Waals surface area contributed by atoms with Crippen LogP contribution >= 0.6 is 11.8 Å². The smallest absolute Gasteiger partial charge is 0.251 e. The number of hydrogen-bond donors (Lipinski definition) is 2. The van der Waals surface area contributed by atoms with Crippen molar-refractivity contribution < 1.29 is 9.59 Å². The molecule has 4 nitrogen and oxygen atoms in total. The number of hydrogen-bond acceptors (Lipinski definition) is 3. The maximum absolute atomic E-state index is 12.3. The first-order valence-corrected chi connectivity index (χ1v) is 9.93. The Morgan fingerprint density at radius 2 is 1.65 bits per heavy atom. The molecule has 0 radical (unpaired) electrons. The molecule has 136 valence electrons. The molecule has 1 atom stereocenters. The predicted molar refractivity (Wildman–Crippen MR) is 107 cm³/mol. The van der Waals surface area contributed by atoms with Crippen LogP contribution in [0.25, 0.3) is 0 Å². The molecule has 0 spiro atoms. The van der Waals surface area contributed by atoms with Gasteiger partial charge in [0.25, 0.3) is 5.91 Å². The van der Waals surface area contributed by atoms with E-state index in [0.29, 0.717) is 5.56 Å². The van der Waals surface area contributed by atoms with Crippen molar-refractivity contribution >= 4 is 29.3 Å². The number of amides is 2. The first-order valence-electron chi connectivity index (χ1n) is 9.05. The summed E-state index contributed by atoms with van der Waals surface area (Å²) in [6.45, 7) is 1.68. The molecule has 26 heavy (non-hydrogen) atoms. The van der Waals surface area contributed by atoms with Gasteiger partial charge in [-0.3, -0.25) is 9.59 Å². The first-order chi connectivity index (χ1) is 12.6. The molecular weight excluding hydrogens is 344 g/mol. The van der Waals surface area contributed by atoms with Gasteiger partial charge >= 0.3 is 0 Å². The van der Waals surface area contributed by atoms with Gasteiger partial charge in [0, 0.05) is 21.4 Å². The van der Waals surface area contributed by atoms with Crippen LogP contribution in [0.5, 0.6) is 0 Å². The van der Waals surface area contributed by atoms with Crippen LogP contribution in [0.1, 0.15) is 43.0 Å². The SMILES string of the molecule is CC(NC(=O)c1ccccc1)C(=O)Nc1ccc(SC2CCCC2)cc1. The van der Waals surface area contributed by atoms with Crippen molar-refractivity contribution in [1.29, 1.82) is 0 Å². The fourth-order valence-corrected chi connectivity index (χ4v) is 4.25. The van der Waals surface area contributed by atoms with Gasteiger partial charge < -0.3 is 10.6 Å². The van der Waals surface area contributed by atoms with E-state index in [1.165, 1.54) is 30.6 Å². The highest BCUT2D eigenvalue weighted by atomic mass is 32.2. The number of carbonyl (C=O) groups is 2. The minimum absolute atomic E-state index is 0.231. The summed E-state index contributed by atoms with van der Waals surface area (Å²) in [7, 11) is 0. The van der Waals surface area contributed by atoms with Crippen molar-refractivity contribution in [3.05, 3.63) is 60.2 Å². The van der Waals surface area contributed by atoms with Gasteiger partial charge in [0.2, 0.25) is 5.91 Å². The van der Waals surface area contributed by atoms with Crippen LogP contribution in [0, 0.1) is 0 Å². The highest BCUT2D eigenvalue weighted by Crippen LogP contribution is 2.34. The summed E-state index contributed by atoms with van der Waals surface area (Å²) < 4.78 is 0. The highest BCUT2D eigenvalue weighted by molar-refractivity contribution is 8.00. The van der Waals surface area contributed by atoms with Crippen LogP contribution in [-0.2, 0) is 4.79 Å². The van der Waals surface area contributed by atoms with Crippen LogP contribution in [0.15, 0.2) is 59.5 Å². The van der Waals surface area contributed by atoms with Crippen molar-refractivity contribution in [2.75, 3.05) is 5.32 Å². The van der Waals surface area contributed by atoms with E-state index in [1.807, 2.05) is 42.1 Å². The van der Waals surface area contributed by atoms with Crippen LogP contribution in [0.4, 0.5) is 5.69 Å². The summed E-state index contributed by atoms with van der Waals surface area (Å²) in [6, 6.07) is 16.2. The third-order valence-electron chi connectivity index (χ3n) is 4.50. The van der Waals surface area contributed by atoms with E-state index >= 15 is 0 Å². The summed E-state index contributed by atoms with van der Waals surface area (Å²) in [5, 5.41) is 6.30. The third-order valence-corrected chi connectivity index (χ3v) is 5.85. The summed E-state index contributed by atoms with van der Waals surface area (Å²) in [6.07, 6.45) is 5.25. The Bertz CT molecular complexity index is 740. The van der Waals surface area contributed by atoms with Crippen molar-refractivity contribution in [2.45, 2.75) is 48.8 Å². The lowest BCUT2D eigenvalue weighted by molar-refractivity contribution is -0.117. The van der Waals surface area contributed by atoms with Gasteiger partial charge in [-0.15, -0.1) is 11.8 Å². The first kappa shape index (κ1) is 18.5. The van der Waals surface area contributed by atoms with Gasteiger partial charge in [0.1, 0.15) is 6.04 Å². The zero-order valence-corrected chi connectivity index (χ0v) is 15.7. The molecule has 1 aliphatic carbocycles. The summed E-state index contributed by atoms with van der Waals surface area (Å²) in [5.74, 6) is -0.484. The molecule has 3 rings (SSSR count). The standard InChI is InChI=1S/C21H24N2O2S/c1-15(22-21(25)16-7-3-2-4-8-16)20(24)23-17-11-13-19(14-12-17)26-18-9-5-6-10-18/h2-4,7-8,11-15,18H,5-6,9-10H2,1H3,(H,22,25)(H,23,24). The second-order valence-electron chi connectivity index (χ2n) is 6.60. The molecule has 0 heterocycles. The molecule has 0 aliphatic heterocycles. The van der Waals surface area contributed by atoms with Crippen LogP contribution in [0.2, 0.25) is 0 Å². The number of thioether (sulfide) groups is 1. The Kier molecular flexibility index (Phi) is 6.34. The fourth-order valence-electron chi connectivity index (χ4n) is 3.00. The van der Waals surface area contributed by atoms with Crippen molar-refractivity contribution in [2.24, 2.45) is 0 Å². The lowest BCUT2D eigenvalue weighted by Gasteiger charge is -2.15. The number of anilines is 1. The van der Waals surface area contributed by atoms with Gasteiger partial charge in [-0.05, 0) is 56.2 Å². The molecule has 0 bridgehead atoms. The minimum Gasteiger partial charge on any atom is -0.341 e. The van der Waals surface area contributed by atoms with Crippen molar-refractivity contribution in [3.8, 4) is 0 Å². The maximum Gasteiger partial charge on any atom is 0.251 e. The number of nitrogens with one attached hydrogen (secondary N) is 2. The number of benzene rings is 2. The molecule has 2 N–H and O–H groups in total.